The molecule has 1 aromatic heterocycles. The van der Waals surface area contributed by atoms with E-state index in [1.807, 2.05) is 44.1 Å². The number of pyridine rings is 1. The number of amides is 1. The van der Waals surface area contributed by atoms with Crippen molar-refractivity contribution in [1.82, 2.24) is 4.98 Å². The third-order valence-electron chi connectivity index (χ3n) is 4.19. The summed E-state index contributed by atoms with van der Waals surface area (Å²) < 4.78 is 19.7. The van der Waals surface area contributed by atoms with Crippen LogP contribution in [0, 0.1) is 12.7 Å². The molecule has 0 unspecified atom stereocenters. The van der Waals surface area contributed by atoms with Crippen molar-refractivity contribution < 1.29 is 13.9 Å². The van der Waals surface area contributed by atoms with Gasteiger partial charge in [-0.15, -0.1) is 0 Å². The number of aromatic nitrogens is 1. The van der Waals surface area contributed by atoms with Gasteiger partial charge in [-0.3, -0.25) is 9.78 Å². The minimum Gasteiger partial charge on any atom is -0.453 e. The summed E-state index contributed by atoms with van der Waals surface area (Å²) >= 11 is 0. The zero-order chi connectivity index (χ0) is 20.8. The van der Waals surface area contributed by atoms with Gasteiger partial charge in [0.25, 0.3) is 0 Å². The molecule has 1 amide bonds. The van der Waals surface area contributed by atoms with E-state index >= 15 is 0 Å². The standard InChI is InChI=1S/C23H22FN3O2/c1-16-13-18(8-9-21(16)27(2)3)26-23(28)11-7-17-6-10-22(20(24)14-17)29-19-5-4-12-25-15-19/h4-15H,1-3H3,(H,26,28)/b11-7+. The van der Waals surface area contributed by atoms with Crippen LogP contribution in [0.4, 0.5) is 15.8 Å². The second kappa shape index (κ2) is 9.01. The second-order valence-corrected chi connectivity index (χ2v) is 6.70. The molecule has 1 heterocycles. The number of carbonyl (C=O) groups excluding carboxylic acids is 1. The molecule has 6 heteroatoms. The molecule has 0 saturated heterocycles. The molecule has 0 bridgehead atoms. The fraction of sp³-hybridized carbons (Fsp3) is 0.130. The van der Waals surface area contributed by atoms with Gasteiger partial charge in [-0.2, -0.15) is 0 Å². The Labute approximate surface area is 169 Å². The Morgan fingerprint density at radius 1 is 1.17 bits per heavy atom. The molecule has 1 N–H and O–H groups in total. The number of carbonyl (C=O) groups is 1. The first-order valence-corrected chi connectivity index (χ1v) is 9.07. The van der Waals surface area contributed by atoms with Gasteiger partial charge in [-0.05, 0) is 66.6 Å². The number of rotatable bonds is 6. The second-order valence-electron chi connectivity index (χ2n) is 6.70. The maximum absolute atomic E-state index is 14.3. The first-order chi connectivity index (χ1) is 13.9. The Hall–Kier alpha value is -3.67. The van der Waals surface area contributed by atoms with Crippen molar-refractivity contribution in [2.75, 3.05) is 24.3 Å². The van der Waals surface area contributed by atoms with Gasteiger partial charge in [0, 0.05) is 37.7 Å². The zero-order valence-electron chi connectivity index (χ0n) is 16.5. The predicted octanol–water partition coefficient (Wildman–Crippen LogP) is 5.04. The zero-order valence-corrected chi connectivity index (χ0v) is 16.5. The quantitative estimate of drug-likeness (QED) is 0.598. The summed E-state index contributed by atoms with van der Waals surface area (Å²) in [4.78, 5) is 18.1. The molecular formula is C23H22FN3O2. The van der Waals surface area contributed by atoms with Gasteiger partial charge in [0.1, 0.15) is 5.75 Å². The number of anilines is 2. The van der Waals surface area contributed by atoms with E-state index in [0.717, 1.165) is 11.3 Å². The molecule has 29 heavy (non-hydrogen) atoms. The van der Waals surface area contributed by atoms with Gasteiger partial charge in [-0.1, -0.05) is 6.07 Å². The number of hydrogen-bond donors (Lipinski definition) is 1. The molecular weight excluding hydrogens is 369 g/mol. The van der Waals surface area contributed by atoms with Crippen molar-refractivity contribution in [2.24, 2.45) is 0 Å². The molecule has 5 nitrogen and oxygen atoms in total. The first kappa shape index (κ1) is 20.1. The van der Waals surface area contributed by atoms with Gasteiger partial charge in [0.15, 0.2) is 11.6 Å². The largest absolute Gasteiger partial charge is 0.453 e. The van der Waals surface area contributed by atoms with Crippen LogP contribution in [-0.4, -0.2) is 25.0 Å². The van der Waals surface area contributed by atoms with Crippen LogP contribution in [-0.2, 0) is 4.79 Å². The van der Waals surface area contributed by atoms with Crippen molar-refractivity contribution in [1.29, 1.82) is 0 Å². The number of nitrogens with one attached hydrogen (secondary N) is 1. The smallest absolute Gasteiger partial charge is 0.248 e. The molecule has 0 aliphatic rings. The molecule has 3 aromatic rings. The van der Waals surface area contributed by atoms with Crippen LogP contribution in [0.5, 0.6) is 11.5 Å². The van der Waals surface area contributed by atoms with E-state index in [-0.39, 0.29) is 11.7 Å². The average Bonchev–Trinajstić information content (AvgIpc) is 2.69. The maximum Gasteiger partial charge on any atom is 0.248 e. The molecule has 3 rings (SSSR count). The van der Waals surface area contributed by atoms with Crippen LogP contribution >= 0.6 is 0 Å². The Kier molecular flexibility index (Phi) is 6.24. The highest BCUT2D eigenvalue weighted by atomic mass is 19.1. The third kappa shape index (κ3) is 5.42. The summed E-state index contributed by atoms with van der Waals surface area (Å²) in [5, 5.41) is 2.81. The Bertz CT molecular complexity index is 1030. The Morgan fingerprint density at radius 2 is 2.00 bits per heavy atom. The summed E-state index contributed by atoms with van der Waals surface area (Å²) in [5.41, 5.74) is 3.40. The van der Waals surface area contributed by atoms with E-state index in [4.69, 9.17) is 4.74 Å². The fourth-order valence-electron chi connectivity index (χ4n) is 2.83. The summed E-state index contributed by atoms with van der Waals surface area (Å²) in [6.45, 7) is 1.98. The molecule has 0 aliphatic heterocycles. The molecule has 0 aliphatic carbocycles. The third-order valence-corrected chi connectivity index (χ3v) is 4.19. The molecule has 0 atom stereocenters. The predicted molar refractivity (Wildman–Crippen MR) is 114 cm³/mol. The maximum atomic E-state index is 14.3. The molecule has 0 radical (unpaired) electrons. The Balaban J connectivity index is 1.64. The van der Waals surface area contributed by atoms with E-state index in [0.29, 0.717) is 17.0 Å². The van der Waals surface area contributed by atoms with Crippen LogP contribution in [0.15, 0.2) is 67.0 Å². The minimum atomic E-state index is -0.522. The highest BCUT2D eigenvalue weighted by Gasteiger charge is 2.06. The number of aryl methyl sites for hydroxylation is 1. The van der Waals surface area contributed by atoms with Crippen molar-refractivity contribution in [3.63, 3.8) is 0 Å². The van der Waals surface area contributed by atoms with Gasteiger partial charge in [-0.25, -0.2) is 4.39 Å². The SMILES string of the molecule is Cc1cc(NC(=O)/C=C/c2ccc(Oc3cccnc3)c(F)c2)ccc1N(C)C. The van der Waals surface area contributed by atoms with E-state index in [9.17, 15) is 9.18 Å². The monoisotopic (exact) mass is 391 g/mol. The summed E-state index contributed by atoms with van der Waals surface area (Å²) in [6, 6.07) is 13.6. The van der Waals surface area contributed by atoms with Gasteiger partial charge in [0.2, 0.25) is 5.91 Å². The normalized spacial score (nSPS) is 10.8. The number of benzene rings is 2. The van der Waals surface area contributed by atoms with Crippen LogP contribution in [0.1, 0.15) is 11.1 Å². The molecule has 2 aromatic carbocycles. The average molecular weight is 391 g/mol. The van der Waals surface area contributed by atoms with Crippen LogP contribution in [0.2, 0.25) is 0 Å². The lowest BCUT2D eigenvalue weighted by Crippen LogP contribution is -2.11. The molecule has 148 valence electrons. The van der Waals surface area contributed by atoms with Crippen LogP contribution in [0.3, 0.4) is 0 Å². The van der Waals surface area contributed by atoms with Crippen LogP contribution in [0.25, 0.3) is 6.08 Å². The fourth-order valence-corrected chi connectivity index (χ4v) is 2.83. The van der Waals surface area contributed by atoms with E-state index in [1.165, 1.54) is 24.4 Å². The summed E-state index contributed by atoms with van der Waals surface area (Å²) in [5.74, 6) is -0.273. The highest BCUT2D eigenvalue weighted by molar-refractivity contribution is 6.02. The van der Waals surface area contributed by atoms with E-state index in [1.54, 1.807) is 30.5 Å². The van der Waals surface area contributed by atoms with Crippen molar-refractivity contribution >= 4 is 23.4 Å². The van der Waals surface area contributed by atoms with Gasteiger partial charge in [0.05, 0.1) is 6.20 Å². The highest BCUT2D eigenvalue weighted by Crippen LogP contribution is 2.25. The summed E-state index contributed by atoms with van der Waals surface area (Å²) in [7, 11) is 3.94. The molecule has 0 saturated carbocycles. The molecule has 0 spiro atoms. The van der Waals surface area contributed by atoms with Crippen molar-refractivity contribution in [2.45, 2.75) is 6.92 Å². The topological polar surface area (TPSA) is 54.5 Å². The van der Waals surface area contributed by atoms with Gasteiger partial charge >= 0.3 is 0 Å². The lowest BCUT2D eigenvalue weighted by Gasteiger charge is -2.16. The number of nitrogens with zero attached hydrogens (tertiary/aromatic N) is 2. The van der Waals surface area contributed by atoms with E-state index in [2.05, 4.69) is 10.3 Å². The number of ether oxygens (including phenoxy) is 1. The number of hydrogen-bond acceptors (Lipinski definition) is 4. The van der Waals surface area contributed by atoms with E-state index < -0.39 is 5.82 Å². The van der Waals surface area contributed by atoms with Crippen LogP contribution < -0.4 is 15.0 Å². The molecule has 0 fully saturated rings. The number of halogens is 1. The first-order valence-electron chi connectivity index (χ1n) is 9.07. The summed E-state index contributed by atoms with van der Waals surface area (Å²) in [6.07, 6.45) is 6.03. The lowest BCUT2D eigenvalue weighted by atomic mass is 10.1. The van der Waals surface area contributed by atoms with Crippen molar-refractivity contribution in [3.8, 4) is 11.5 Å². The lowest BCUT2D eigenvalue weighted by molar-refractivity contribution is -0.111. The Morgan fingerprint density at radius 3 is 2.66 bits per heavy atom. The minimum absolute atomic E-state index is 0.0936. The van der Waals surface area contributed by atoms with Crippen molar-refractivity contribution in [3.05, 3.63) is 83.9 Å². The van der Waals surface area contributed by atoms with Gasteiger partial charge < -0.3 is 15.0 Å².